The lowest BCUT2D eigenvalue weighted by Crippen LogP contribution is -2.28. The van der Waals surface area contributed by atoms with Crippen LogP contribution >= 0.6 is 11.6 Å². The minimum atomic E-state index is -1.04. The van der Waals surface area contributed by atoms with Crippen molar-refractivity contribution >= 4 is 34.9 Å². The van der Waals surface area contributed by atoms with Crippen molar-refractivity contribution in [1.82, 2.24) is 0 Å². The number of hydrogen-bond acceptors (Lipinski definition) is 3. The summed E-state index contributed by atoms with van der Waals surface area (Å²) in [4.78, 5) is 25.7. The Morgan fingerprint density at radius 2 is 1.43 bits per heavy atom. The van der Waals surface area contributed by atoms with Gasteiger partial charge in [0, 0.05) is 28.3 Å². The molecule has 0 aliphatic carbocycles. The molecule has 0 unspecified atom stereocenters. The predicted molar refractivity (Wildman–Crippen MR) is 121 cm³/mol. The molecule has 0 spiro atoms. The fraction of sp³-hybridized carbons (Fsp3) is 0.417. The van der Waals surface area contributed by atoms with Gasteiger partial charge in [-0.3, -0.25) is 14.5 Å². The van der Waals surface area contributed by atoms with E-state index in [-0.39, 0.29) is 35.3 Å². The number of phenols is 1. The maximum atomic E-state index is 13.1. The smallest absolute Gasteiger partial charge is 0.303 e. The highest BCUT2D eigenvalue weighted by atomic mass is 35.5. The van der Waals surface area contributed by atoms with E-state index in [0.717, 1.165) is 0 Å². The van der Waals surface area contributed by atoms with Crippen LogP contribution in [0.2, 0.25) is 5.02 Å². The molecule has 0 heterocycles. The Balaban J connectivity index is 2.76. The number of benzene rings is 2. The number of anilines is 2. The van der Waals surface area contributed by atoms with Gasteiger partial charge in [0.25, 0.3) is 0 Å². The third kappa shape index (κ3) is 5.54. The molecule has 6 heteroatoms. The fourth-order valence-electron chi connectivity index (χ4n) is 3.27. The number of aliphatic carboxylic acids is 1. The lowest BCUT2D eigenvalue weighted by molar-refractivity contribution is -0.138. The fourth-order valence-corrected chi connectivity index (χ4v) is 3.45. The van der Waals surface area contributed by atoms with E-state index in [9.17, 15) is 14.7 Å². The molecule has 0 saturated carbocycles. The van der Waals surface area contributed by atoms with Crippen LogP contribution in [-0.2, 0) is 20.4 Å². The van der Waals surface area contributed by atoms with Gasteiger partial charge < -0.3 is 10.2 Å². The van der Waals surface area contributed by atoms with E-state index in [0.29, 0.717) is 27.5 Å². The molecule has 0 aliphatic rings. The van der Waals surface area contributed by atoms with E-state index in [1.165, 1.54) is 4.90 Å². The van der Waals surface area contributed by atoms with E-state index < -0.39 is 5.97 Å². The molecule has 0 aliphatic heterocycles. The molecule has 5 nitrogen and oxygen atoms in total. The Hall–Kier alpha value is -2.53. The first-order valence-corrected chi connectivity index (χ1v) is 10.3. The van der Waals surface area contributed by atoms with Crippen molar-refractivity contribution in [3.05, 3.63) is 52.5 Å². The van der Waals surface area contributed by atoms with Crippen molar-refractivity contribution in [3.63, 3.8) is 0 Å². The second-order valence-electron chi connectivity index (χ2n) is 9.49. The third-order valence-corrected chi connectivity index (χ3v) is 5.07. The summed E-state index contributed by atoms with van der Waals surface area (Å²) in [6.45, 7) is 12.0. The zero-order chi connectivity index (χ0) is 22.9. The number of hydrogen-bond donors (Lipinski definition) is 2. The summed E-state index contributed by atoms with van der Waals surface area (Å²) in [5.41, 5.74) is 1.79. The van der Waals surface area contributed by atoms with Crippen LogP contribution in [0.3, 0.4) is 0 Å². The van der Waals surface area contributed by atoms with Crippen molar-refractivity contribution < 1.29 is 19.8 Å². The first-order chi connectivity index (χ1) is 13.7. The van der Waals surface area contributed by atoms with Crippen LogP contribution < -0.4 is 4.90 Å². The van der Waals surface area contributed by atoms with Crippen LogP contribution in [0.15, 0.2) is 36.4 Å². The molecule has 162 valence electrons. The number of carbonyl (C=O) groups excluding carboxylic acids is 1. The number of aromatic hydroxyl groups is 1. The molecule has 1 amide bonds. The summed E-state index contributed by atoms with van der Waals surface area (Å²) in [5.74, 6) is -1.18. The van der Waals surface area contributed by atoms with E-state index in [1.807, 2.05) is 41.5 Å². The van der Waals surface area contributed by atoms with Gasteiger partial charge in [-0.05, 0) is 41.2 Å². The average Bonchev–Trinajstić information content (AvgIpc) is 2.59. The van der Waals surface area contributed by atoms with Crippen LogP contribution in [-0.4, -0.2) is 22.1 Å². The Morgan fingerprint density at radius 1 is 0.900 bits per heavy atom. The Labute approximate surface area is 183 Å². The van der Waals surface area contributed by atoms with E-state index in [4.69, 9.17) is 16.7 Å². The molecular formula is C24H30ClNO4. The number of carboxylic acids is 1. The average molecular weight is 432 g/mol. The summed E-state index contributed by atoms with van der Waals surface area (Å²) in [6, 6.07) is 10.5. The summed E-state index contributed by atoms with van der Waals surface area (Å²) in [6.07, 6.45) is -0.426. The number of carboxylic acid groups (broad SMARTS) is 1. The van der Waals surface area contributed by atoms with Crippen LogP contribution in [0, 0.1) is 0 Å². The van der Waals surface area contributed by atoms with Gasteiger partial charge in [0.15, 0.2) is 0 Å². The maximum absolute atomic E-state index is 13.1. The molecule has 2 aromatic carbocycles. The molecule has 2 N–H and O–H groups in total. The second kappa shape index (κ2) is 8.68. The van der Waals surface area contributed by atoms with Crippen molar-refractivity contribution in [3.8, 4) is 5.75 Å². The highest BCUT2D eigenvalue weighted by molar-refractivity contribution is 6.31. The number of rotatable bonds is 5. The number of nitrogens with zero attached hydrogens (tertiary/aromatic N) is 1. The Bertz CT molecular complexity index is 919. The minimum Gasteiger partial charge on any atom is -0.507 e. The van der Waals surface area contributed by atoms with Gasteiger partial charge in [-0.15, -0.1) is 0 Å². The van der Waals surface area contributed by atoms with E-state index in [2.05, 4.69) is 0 Å². The SMILES string of the molecule is CC(C)(C)c1cc(N(C(=O)CCC(=O)O)c2cccc(Cl)c2)cc(C(C)(C)C)c1O. The Morgan fingerprint density at radius 3 is 1.87 bits per heavy atom. The molecular weight excluding hydrogens is 402 g/mol. The topological polar surface area (TPSA) is 77.8 Å². The Kier molecular flexibility index (Phi) is 6.87. The lowest BCUT2D eigenvalue weighted by Gasteiger charge is -2.31. The summed E-state index contributed by atoms with van der Waals surface area (Å²) in [5, 5.41) is 20.5. The summed E-state index contributed by atoms with van der Waals surface area (Å²) in [7, 11) is 0. The largest absolute Gasteiger partial charge is 0.507 e. The molecule has 0 atom stereocenters. The summed E-state index contributed by atoms with van der Waals surface area (Å²) < 4.78 is 0. The quantitative estimate of drug-likeness (QED) is 0.593. The molecule has 2 aromatic rings. The molecule has 2 rings (SSSR count). The molecule has 0 bridgehead atoms. The van der Waals surface area contributed by atoms with Crippen molar-refractivity contribution in [1.29, 1.82) is 0 Å². The van der Waals surface area contributed by atoms with Crippen LogP contribution in [0.1, 0.15) is 65.5 Å². The van der Waals surface area contributed by atoms with Gasteiger partial charge in [0.2, 0.25) is 5.91 Å². The number of carbonyl (C=O) groups is 2. The van der Waals surface area contributed by atoms with Gasteiger partial charge in [-0.25, -0.2) is 0 Å². The predicted octanol–water partition coefficient (Wildman–Crippen LogP) is 6.17. The zero-order valence-corrected chi connectivity index (χ0v) is 19.2. The first-order valence-electron chi connectivity index (χ1n) is 9.90. The lowest BCUT2D eigenvalue weighted by atomic mass is 9.79. The number of amides is 1. The highest BCUT2D eigenvalue weighted by Crippen LogP contribution is 2.43. The van der Waals surface area contributed by atoms with Crippen molar-refractivity contribution in [2.75, 3.05) is 4.90 Å². The third-order valence-electron chi connectivity index (χ3n) is 4.84. The van der Waals surface area contributed by atoms with E-state index in [1.54, 1.807) is 36.4 Å². The minimum absolute atomic E-state index is 0.154. The van der Waals surface area contributed by atoms with Gasteiger partial charge in [0.05, 0.1) is 12.1 Å². The van der Waals surface area contributed by atoms with Gasteiger partial charge in [0.1, 0.15) is 5.75 Å². The van der Waals surface area contributed by atoms with Gasteiger partial charge in [-0.1, -0.05) is 59.2 Å². The van der Waals surface area contributed by atoms with Gasteiger partial charge >= 0.3 is 5.97 Å². The maximum Gasteiger partial charge on any atom is 0.303 e. The van der Waals surface area contributed by atoms with Crippen molar-refractivity contribution in [2.24, 2.45) is 0 Å². The zero-order valence-electron chi connectivity index (χ0n) is 18.4. The standard InChI is InChI=1S/C24H30ClNO4/c1-23(2,3)18-13-17(14-19(22(18)30)24(4,5)6)26(20(27)10-11-21(28)29)16-9-7-8-15(25)12-16/h7-9,12-14,30H,10-11H2,1-6H3,(H,28,29). The second-order valence-corrected chi connectivity index (χ2v) is 9.93. The van der Waals surface area contributed by atoms with Crippen LogP contribution in [0.25, 0.3) is 0 Å². The monoisotopic (exact) mass is 431 g/mol. The molecule has 0 aromatic heterocycles. The molecule has 30 heavy (non-hydrogen) atoms. The number of phenolic OH excluding ortho intramolecular Hbond substituents is 1. The highest BCUT2D eigenvalue weighted by Gasteiger charge is 2.29. The number of halogens is 1. The molecule has 0 saturated heterocycles. The molecule has 0 radical (unpaired) electrons. The normalized spacial score (nSPS) is 12.0. The van der Waals surface area contributed by atoms with Gasteiger partial charge in [-0.2, -0.15) is 0 Å². The molecule has 0 fully saturated rings. The summed E-state index contributed by atoms with van der Waals surface area (Å²) >= 11 is 6.17. The van der Waals surface area contributed by atoms with E-state index >= 15 is 0 Å². The van der Waals surface area contributed by atoms with Crippen molar-refractivity contribution in [2.45, 2.75) is 65.2 Å². The first kappa shape index (κ1) is 23.7. The van der Waals surface area contributed by atoms with Crippen LogP contribution in [0.5, 0.6) is 5.75 Å². The van der Waals surface area contributed by atoms with Crippen LogP contribution in [0.4, 0.5) is 11.4 Å².